The molecule has 0 spiro atoms. The van der Waals surface area contributed by atoms with Crippen molar-refractivity contribution in [3.8, 4) is 28.4 Å². The summed E-state index contributed by atoms with van der Waals surface area (Å²) >= 11 is 3.54. The summed E-state index contributed by atoms with van der Waals surface area (Å²) in [5.74, 6) is -0.310. The minimum Gasteiger partial charge on any atom is -0.490 e. The van der Waals surface area contributed by atoms with Crippen LogP contribution in [-0.2, 0) is 6.61 Å². The zero-order valence-electron chi connectivity index (χ0n) is 24.2. The Morgan fingerprint density at radius 2 is 1.61 bits per heavy atom. The Kier molecular flexibility index (Phi) is 9.56. The lowest BCUT2D eigenvalue weighted by molar-refractivity contribution is 0.0696. The third kappa shape index (κ3) is 7.07. The lowest BCUT2D eigenvalue weighted by Gasteiger charge is -2.15. The van der Waals surface area contributed by atoms with Crippen molar-refractivity contribution in [3.63, 3.8) is 0 Å². The van der Waals surface area contributed by atoms with Crippen molar-refractivity contribution in [2.24, 2.45) is 5.10 Å². The highest BCUT2D eigenvalue weighted by atomic mass is 79.9. The Morgan fingerprint density at radius 3 is 2.30 bits per heavy atom. The van der Waals surface area contributed by atoms with Gasteiger partial charge in [-0.25, -0.2) is 10.2 Å². The minimum absolute atomic E-state index is 0.210. The summed E-state index contributed by atoms with van der Waals surface area (Å²) in [6.45, 7) is 4.56. The number of carboxylic acid groups (broad SMARTS) is 1. The topological polar surface area (TPSA) is 102 Å². The van der Waals surface area contributed by atoms with E-state index in [1.165, 1.54) is 18.3 Å². The average molecular weight is 653 g/mol. The molecule has 2 N–H and O–H groups in total. The number of aromatic carboxylic acids is 1. The second-order valence-electron chi connectivity index (χ2n) is 9.86. The minimum atomic E-state index is -0.981. The lowest BCUT2D eigenvalue weighted by atomic mass is 10.1. The molecule has 1 aromatic heterocycles. The van der Waals surface area contributed by atoms with E-state index in [2.05, 4.69) is 62.2 Å². The number of ether oxygens (including phenoxy) is 2. The number of hydrogen-bond donors (Lipinski definition) is 2. The fourth-order valence-electron chi connectivity index (χ4n) is 4.67. The maximum Gasteiger partial charge on any atom is 0.335 e. The summed E-state index contributed by atoms with van der Waals surface area (Å²) in [5.41, 5.74) is 9.02. The molecule has 222 valence electrons. The number of nitrogens with one attached hydrogen (secondary N) is 1. The first-order chi connectivity index (χ1) is 21.3. The molecule has 4 aromatic carbocycles. The number of carbonyl (C=O) groups excluding carboxylic acids is 1. The predicted octanol–water partition coefficient (Wildman–Crippen LogP) is 7.66. The molecule has 5 aromatic rings. The van der Waals surface area contributed by atoms with Crippen molar-refractivity contribution < 1.29 is 24.2 Å². The van der Waals surface area contributed by atoms with E-state index in [0.29, 0.717) is 33.7 Å². The van der Waals surface area contributed by atoms with Gasteiger partial charge in [0.25, 0.3) is 5.91 Å². The molecule has 0 saturated carbocycles. The van der Waals surface area contributed by atoms with Gasteiger partial charge in [0.15, 0.2) is 11.5 Å². The fourth-order valence-corrected chi connectivity index (χ4v) is 5.25. The lowest BCUT2D eigenvalue weighted by Crippen LogP contribution is -2.17. The van der Waals surface area contributed by atoms with Crippen LogP contribution in [0.3, 0.4) is 0 Å². The second kappa shape index (κ2) is 13.9. The van der Waals surface area contributed by atoms with E-state index in [1.54, 1.807) is 36.4 Å². The number of benzene rings is 4. The van der Waals surface area contributed by atoms with Crippen molar-refractivity contribution in [2.45, 2.75) is 20.5 Å². The Bertz CT molecular complexity index is 1800. The molecule has 44 heavy (non-hydrogen) atoms. The van der Waals surface area contributed by atoms with Gasteiger partial charge in [-0.3, -0.25) is 4.79 Å². The van der Waals surface area contributed by atoms with Crippen molar-refractivity contribution in [3.05, 3.63) is 136 Å². The van der Waals surface area contributed by atoms with Crippen LogP contribution < -0.4 is 14.9 Å². The quantitative estimate of drug-likeness (QED) is 0.113. The predicted molar refractivity (Wildman–Crippen MR) is 174 cm³/mol. The zero-order valence-corrected chi connectivity index (χ0v) is 25.7. The van der Waals surface area contributed by atoms with Crippen molar-refractivity contribution >= 4 is 34.0 Å². The molecule has 0 fully saturated rings. The van der Waals surface area contributed by atoms with Gasteiger partial charge >= 0.3 is 5.97 Å². The molecule has 9 heteroatoms. The molecule has 0 atom stereocenters. The number of carboxylic acids is 1. The standard InChI is InChI=1S/C35H30BrN3O5/c1-3-43-32-20-25(19-30(36)33(32)44-22-24-10-12-28(13-11-24)35(41)42)21-37-38-34(40)27-14-16-29(17-15-27)39-23(2)9-18-31(39)26-7-5-4-6-8-26/h4-21H,3,22H2,1-2H3,(H,38,40)(H,41,42)/b37-21+. The number of hydrazone groups is 1. The number of nitrogens with zero attached hydrogens (tertiary/aromatic N) is 2. The number of halogens is 1. The van der Waals surface area contributed by atoms with Gasteiger partial charge in [-0.15, -0.1) is 0 Å². The first kappa shape index (κ1) is 30.3. The number of amides is 1. The van der Waals surface area contributed by atoms with Gasteiger partial charge in [0.1, 0.15) is 6.61 Å². The van der Waals surface area contributed by atoms with Gasteiger partial charge in [-0.2, -0.15) is 5.10 Å². The normalized spacial score (nSPS) is 11.0. The molecule has 8 nitrogen and oxygen atoms in total. The molecule has 5 rings (SSSR count). The second-order valence-corrected chi connectivity index (χ2v) is 10.7. The maximum absolute atomic E-state index is 12.8. The Balaban J connectivity index is 1.25. The zero-order chi connectivity index (χ0) is 31.1. The van der Waals surface area contributed by atoms with Crippen molar-refractivity contribution in [1.82, 2.24) is 9.99 Å². The Morgan fingerprint density at radius 1 is 0.909 bits per heavy atom. The average Bonchev–Trinajstić information content (AvgIpc) is 3.42. The fraction of sp³-hybridized carbons (Fsp3) is 0.114. The van der Waals surface area contributed by atoms with Crippen LogP contribution in [0.2, 0.25) is 0 Å². The summed E-state index contributed by atoms with van der Waals surface area (Å²) in [5, 5.41) is 13.2. The van der Waals surface area contributed by atoms with E-state index in [4.69, 9.17) is 14.6 Å². The highest BCUT2D eigenvalue weighted by Gasteiger charge is 2.14. The Labute approximate surface area is 263 Å². The van der Waals surface area contributed by atoms with Crippen LogP contribution in [0.4, 0.5) is 0 Å². The smallest absolute Gasteiger partial charge is 0.335 e. The van der Waals surface area contributed by atoms with E-state index in [-0.39, 0.29) is 18.1 Å². The summed E-state index contributed by atoms with van der Waals surface area (Å²) in [4.78, 5) is 23.9. The molecule has 1 amide bonds. The van der Waals surface area contributed by atoms with Gasteiger partial charge in [0.2, 0.25) is 0 Å². The molecule has 0 saturated heterocycles. The molecule has 0 aliphatic rings. The van der Waals surface area contributed by atoms with Gasteiger partial charge in [0, 0.05) is 16.9 Å². The van der Waals surface area contributed by atoms with E-state index >= 15 is 0 Å². The van der Waals surface area contributed by atoms with E-state index in [0.717, 1.165) is 28.2 Å². The van der Waals surface area contributed by atoms with Crippen LogP contribution in [0.5, 0.6) is 11.5 Å². The van der Waals surface area contributed by atoms with E-state index < -0.39 is 5.97 Å². The Hall–Kier alpha value is -5.15. The molecular weight excluding hydrogens is 622 g/mol. The monoisotopic (exact) mass is 651 g/mol. The van der Waals surface area contributed by atoms with Gasteiger partial charge < -0.3 is 19.1 Å². The molecule has 0 bridgehead atoms. The number of hydrogen-bond acceptors (Lipinski definition) is 5. The molecule has 0 unspecified atom stereocenters. The summed E-state index contributed by atoms with van der Waals surface area (Å²) < 4.78 is 14.6. The number of aryl methyl sites for hydroxylation is 1. The molecule has 0 aliphatic carbocycles. The molecule has 0 aliphatic heterocycles. The molecule has 0 radical (unpaired) electrons. The SMILES string of the molecule is CCOc1cc(/C=N/NC(=O)c2ccc(-n3c(C)ccc3-c3ccccc3)cc2)cc(Br)c1OCc1ccc(C(=O)O)cc1. The number of aromatic nitrogens is 1. The third-order valence-electron chi connectivity index (χ3n) is 6.83. The van der Waals surface area contributed by atoms with Crippen molar-refractivity contribution in [2.75, 3.05) is 6.61 Å². The summed E-state index contributed by atoms with van der Waals surface area (Å²) in [7, 11) is 0. The van der Waals surface area contributed by atoms with Gasteiger partial charge in [-0.05, 0) is 107 Å². The van der Waals surface area contributed by atoms with E-state index in [9.17, 15) is 9.59 Å². The first-order valence-corrected chi connectivity index (χ1v) is 14.7. The van der Waals surface area contributed by atoms with Crippen LogP contribution in [0.1, 0.15) is 44.5 Å². The van der Waals surface area contributed by atoms with Crippen LogP contribution in [0, 0.1) is 6.92 Å². The van der Waals surface area contributed by atoms with Crippen LogP contribution in [0.15, 0.2) is 113 Å². The van der Waals surface area contributed by atoms with Crippen LogP contribution >= 0.6 is 15.9 Å². The van der Waals surface area contributed by atoms with Gasteiger partial charge in [-0.1, -0.05) is 42.5 Å². The number of carbonyl (C=O) groups is 2. The van der Waals surface area contributed by atoms with Crippen LogP contribution in [0.25, 0.3) is 16.9 Å². The van der Waals surface area contributed by atoms with Crippen molar-refractivity contribution in [1.29, 1.82) is 0 Å². The summed E-state index contributed by atoms with van der Waals surface area (Å²) in [6, 6.07) is 31.8. The highest BCUT2D eigenvalue weighted by Crippen LogP contribution is 2.37. The molecule has 1 heterocycles. The summed E-state index contributed by atoms with van der Waals surface area (Å²) in [6.07, 6.45) is 1.53. The maximum atomic E-state index is 12.8. The van der Waals surface area contributed by atoms with E-state index in [1.807, 2.05) is 37.3 Å². The largest absolute Gasteiger partial charge is 0.490 e. The number of rotatable bonds is 11. The third-order valence-corrected chi connectivity index (χ3v) is 7.42. The van der Waals surface area contributed by atoms with Gasteiger partial charge in [0.05, 0.1) is 28.6 Å². The first-order valence-electron chi connectivity index (χ1n) is 13.9. The molecular formula is C35H30BrN3O5. The highest BCUT2D eigenvalue weighted by molar-refractivity contribution is 9.10. The van der Waals surface area contributed by atoms with Crippen LogP contribution in [-0.4, -0.2) is 34.4 Å².